The minimum atomic E-state index is -4.27. The Hall–Kier alpha value is -1.48. The van der Waals surface area contributed by atoms with Gasteiger partial charge in [0.05, 0.1) is 4.90 Å². The normalized spacial score (nSPS) is 11.9. The van der Waals surface area contributed by atoms with Crippen LogP contribution in [0.4, 0.5) is 0 Å². The third-order valence-corrected chi connectivity index (χ3v) is 7.05. The second-order valence-electron chi connectivity index (χ2n) is 4.69. The molecule has 0 amide bonds. The molecule has 3 aromatic rings. The van der Waals surface area contributed by atoms with Crippen molar-refractivity contribution < 1.29 is 13.0 Å². The number of nitrogens with zero attached hydrogens (tertiary/aromatic N) is 2. The zero-order chi connectivity index (χ0) is 17.0. The van der Waals surface area contributed by atoms with E-state index >= 15 is 0 Å². The molecule has 0 aliphatic heterocycles. The lowest BCUT2D eigenvalue weighted by Crippen LogP contribution is -1.97. The lowest BCUT2D eigenvalue weighted by atomic mass is 10.2. The van der Waals surface area contributed by atoms with Crippen molar-refractivity contribution >= 4 is 42.7 Å². The van der Waals surface area contributed by atoms with Gasteiger partial charge in [0.25, 0.3) is 4.83 Å². The monoisotopic (exact) mass is 368 g/mol. The summed E-state index contributed by atoms with van der Waals surface area (Å²) in [6, 6.07) is 9.74. The van der Waals surface area contributed by atoms with Crippen LogP contribution in [0.1, 0.15) is 5.56 Å². The molecule has 0 fully saturated rings. The highest BCUT2D eigenvalue weighted by Crippen LogP contribution is 2.34. The number of hydrogen-bond acceptors (Lipinski definition) is 6. The van der Waals surface area contributed by atoms with Crippen LogP contribution in [0.3, 0.4) is 0 Å². The fourth-order valence-corrected chi connectivity index (χ4v) is 4.77. The highest BCUT2D eigenvalue weighted by molar-refractivity contribution is 8.01. The largest absolute Gasteiger partial charge is 0.744 e. The quantitative estimate of drug-likeness (QED) is 0.391. The number of aromatic nitrogens is 2. The summed E-state index contributed by atoms with van der Waals surface area (Å²) in [6.45, 7) is 1.82. The van der Waals surface area contributed by atoms with E-state index in [0.717, 1.165) is 15.9 Å². The Labute approximate surface area is 142 Å². The summed E-state index contributed by atoms with van der Waals surface area (Å²) in [4.78, 5) is 9.77. The summed E-state index contributed by atoms with van der Waals surface area (Å²) < 4.78 is 32.4. The van der Waals surface area contributed by atoms with E-state index in [1.54, 1.807) is 23.9 Å². The van der Waals surface area contributed by atoms with Crippen LogP contribution in [0.5, 0.6) is 0 Å². The van der Waals surface area contributed by atoms with Crippen molar-refractivity contribution in [3.8, 4) is 0 Å². The molecule has 0 N–H and O–H groups in total. The number of hydrogen-bond donors (Lipinski definition) is 0. The Balaban J connectivity index is 0.000000168. The number of thioether (sulfide) groups is 1. The lowest BCUT2D eigenvalue weighted by molar-refractivity contribution is 0.463. The van der Waals surface area contributed by atoms with Crippen LogP contribution in [0.15, 0.2) is 51.8 Å². The second kappa shape index (κ2) is 7.39. The number of thiazole rings is 1. The first-order valence-electron chi connectivity index (χ1n) is 6.59. The second-order valence-corrected chi connectivity index (χ2v) is 8.91. The zero-order valence-corrected chi connectivity index (χ0v) is 15.3. The molecule has 3 rings (SSSR count). The van der Waals surface area contributed by atoms with E-state index in [1.807, 2.05) is 25.3 Å². The summed E-state index contributed by atoms with van der Waals surface area (Å²) in [5.41, 5.74) is 1.98. The topological polar surface area (TPSA) is 83.0 Å². The molecule has 1 aromatic carbocycles. The fraction of sp³-hybridized carbons (Fsp3) is 0.200. The minimum Gasteiger partial charge on any atom is -0.744 e. The van der Waals surface area contributed by atoms with Gasteiger partial charge in [0.1, 0.15) is 21.9 Å². The Morgan fingerprint density at radius 3 is 2.35 bits per heavy atom. The van der Waals surface area contributed by atoms with Crippen molar-refractivity contribution in [2.45, 2.75) is 16.2 Å². The Bertz CT molecular complexity index is 903. The molecule has 23 heavy (non-hydrogen) atoms. The van der Waals surface area contributed by atoms with Crippen LogP contribution in [0, 0.1) is 6.92 Å². The van der Waals surface area contributed by atoms with Gasteiger partial charge in [-0.2, -0.15) is 4.98 Å². The van der Waals surface area contributed by atoms with Crippen molar-refractivity contribution in [2.24, 2.45) is 6.26 Å². The number of benzene rings is 1. The molecule has 8 heteroatoms. The average Bonchev–Trinajstić information content (AvgIpc) is 2.84. The van der Waals surface area contributed by atoms with E-state index in [-0.39, 0.29) is 15.4 Å². The first kappa shape index (κ1) is 17.9. The van der Waals surface area contributed by atoms with E-state index in [0.29, 0.717) is 0 Å². The lowest BCUT2D eigenvalue weighted by Gasteiger charge is -2.05. The standard InChI is InChI=1S/C8H9N2S2.C7H8O3S/c1-11-8-10-6-4-3-5-9-7(6)12(8)2;1-6-2-4-7(5-3-6)11(8,9)10/h3-5H,1-2H3;2-5H,1H3,(H,8,9,10)/q+1;/p-1. The molecule has 0 aliphatic rings. The molecule has 2 aromatic heterocycles. The minimum absolute atomic E-state index is 0.116. The summed E-state index contributed by atoms with van der Waals surface area (Å²) in [5.74, 6) is 0. The Morgan fingerprint density at radius 1 is 1.17 bits per heavy atom. The van der Waals surface area contributed by atoms with Gasteiger partial charge in [-0.3, -0.25) is 0 Å². The maximum Gasteiger partial charge on any atom is 0.304 e. The van der Waals surface area contributed by atoms with Gasteiger partial charge in [0.15, 0.2) is 0 Å². The molecule has 0 aliphatic carbocycles. The highest BCUT2D eigenvalue weighted by Gasteiger charge is 2.17. The van der Waals surface area contributed by atoms with E-state index in [2.05, 4.69) is 22.5 Å². The van der Waals surface area contributed by atoms with Gasteiger partial charge in [-0.05, 0) is 37.4 Å². The summed E-state index contributed by atoms with van der Waals surface area (Å²) in [6.07, 6.45) is 6.07. The number of pyridine rings is 1. The van der Waals surface area contributed by atoms with E-state index in [4.69, 9.17) is 0 Å². The van der Waals surface area contributed by atoms with Crippen molar-refractivity contribution in [1.29, 1.82) is 0 Å². The molecule has 122 valence electrons. The maximum absolute atomic E-state index is 10.4. The summed E-state index contributed by atoms with van der Waals surface area (Å²) in [7, 11) is -4.15. The van der Waals surface area contributed by atoms with Gasteiger partial charge in [-0.1, -0.05) is 29.5 Å². The van der Waals surface area contributed by atoms with Crippen LogP contribution >= 0.6 is 22.2 Å². The zero-order valence-electron chi connectivity index (χ0n) is 12.9. The molecule has 0 radical (unpaired) electrons. The van der Waals surface area contributed by atoms with Crippen molar-refractivity contribution in [2.75, 3.05) is 6.26 Å². The Morgan fingerprint density at radius 2 is 1.83 bits per heavy atom. The first-order chi connectivity index (χ1) is 10.8. The summed E-state index contributed by atoms with van der Waals surface area (Å²) in [5, 5.41) is 0. The molecule has 2 heterocycles. The van der Waals surface area contributed by atoms with Crippen LogP contribution in [0.25, 0.3) is 10.3 Å². The number of aryl methyl sites for hydroxylation is 2. The number of rotatable bonds is 2. The van der Waals surface area contributed by atoms with Gasteiger partial charge < -0.3 is 4.55 Å². The summed E-state index contributed by atoms with van der Waals surface area (Å²) >= 11 is 1.72. The third-order valence-electron chi connectivity index (χ3n) is 3.00. The Kier molecular flexibility index (Phi) is 5.74. The molecule has 0 saturated heterocycles. The van der Waals surface area contributed by atoms with Crippen LogP contribution in [-0.2, 0) is 16.4 Å². The SMILES string of the molecule is CSc1nc2cccnc2[s+]1C.Cc1ccc(S(=O)(=O)[O-])cc1. The van der Waals surface area contributed by atoms with Gasteiger partial charge >= 0.3 is 4.34 Å². The van der Waals surface area contributed by atoms with Gasteiger partial charge in [0, 0.05) is 16.7 Å². The predicted octanol–water partition coefficient (Wildman–Crippen LogP) is 3.54. The molecule has 1 unspecified atom stereocenters. The van der Waals surface area contributed by atoms with Crippen molar-refractivity contribution in [3.05, 3.63) is 48.2 Å². The van der Waals surface area contributed by atoms with Crippen molar-refractivity contribution in [3.63, 3.8) is 0 Å². The molecular formula is C15H16N2O3S3. The molecule has 0 bridgehead atoms. The number of fused-ring (bicyclic) bond motifs is 1. The van der Waals surface area contributed by atoms with E-state index in [1.165, 1.54) is 16.5 Å². The van der Waals surface area contributed by atoms with Gasteiger partial charge in [-0.25, -0.2) is 13.4 Å². The van der Waals surface area contributed by atoms with Crippen molar-refractivity contribution in [1.82, 2.24) is 9.97 Å². The maximum atomic E-state index is 10.4. The van der Waals surface area contributed by atoms with Crippen LogP contribution < -0.4 is 0 Å². The molecule has 0 spiro atoms. The van der Waals surface area contributed by atoms with Gasteiger partial charge in [-0.15, -0.1) is 0 Å². The molecule has 5 nitrogen and oxygen atoms in total. The van der Waals surface area contributed by atoms with E-state index in [9.17, 15) is 13.0 Å². The first-order valence-corrected chi connectivity index (χ1v) is 10.9. The fourth-order valence-electron chi connectivity index (χ4n) is 1.83. The van der Waals surface area contributed by atoms with Gasteiger partial charge in [0.2, 0.25) is 0 Å². The van der Waals surface area contributed by atoms with E-state index < -0.39 is 10.1 Å². The molecule has 1 atom stereocenters. The average molecular weight is 369 g/mol. The molecular weight excluding hydrogens is 352 g/mol. The van der Waals surface area contributed by atoms with Crippen LogP contribution in [0.2, 0.25) is 0 Å². The van der Waals surface area contributed by atoms with Crippen LogP contribution in [-0.4, -0.2) is 29.2 Å². The smallest absolute Gasteiger partial charge is 0.304 e. The highest BCUT2D eigenvalue weighted by atomic mass is 32.2. The third kappa shape index (κ3) is 4.51. The molecule has 0 saturated carbocycles. The predicted molar refractivity (Wildman–Crippen MR) is 93.9 cm³/mol.